The Morgan fingerprint density at radius 1 is 1.06 bits per heavy atom. The van der Waals surface area contributed by atoms with Crippen molar-refractivity contribution >= 4 is 33.9 Å². The number of aromatic amines is 1. The number of ether oxygens (including phenoxy) is 3. The van der Waals surface area contributed by atoms with Crippen LogP contribution in [0, 0.1) is 13.8 Å². The minimum absolute atomic E-state index is 0.136. The van der Waals surface area contributed by atoms with E-state index in [1.807, 2.05) is 66.4 Å². The summed E-state index contributed by atoms with van der Waals surface area (Å²) in [6.45, 7) is 5.06. The fourth-order valence-electron chi connectivity index (χ4n) is 4.44. The number of fused-ring (bicyclic) bond motifs is 2. The van der Waals surface area contributed by atoms with Crippen LogP contribution >= 0.6 is 12.2 Å². The van der Waals surface area contributed by atoms with Gasteiger partial charge in [-0.3, -0.25) is 4.79 Å². The number of H-pyrrole nitrogens is 1. The Morgan fingerprint density at radius 3 is 2.69 bits per heavy atom. The summed E-state index contributed by atoms with van der Waals surface area (Å²) in [4.78, 5) is 18.1. The molecule has 0 amide bonds. The summed E-state index contributed by atoms with van der Waals surface area (Å²) in [6, 6.07) is 19.5. The normalized spacial score (nSPS) is 12.0. The largest absolute Gasteiger partial charge is 0.495 e. The number of hydrogen-bond donors (Lipinski definition) is 2. The lowest BCUT2D eigenvalue weighted by atomic mass is 10.0. The molecule has 0 unspecified atom stereocenters. The molecule has 1 aliphatic rings. The van der Waals surface area contributed by atoms with Gasteiger partial charge in [-0.05, 0) is 79.2 Å². The van der Waals surface area contributed by atoms with E-state index in [2.05, 4.69) is 23.3 Å². The molecule has 0 aliphatic carbocycles. The maximum Gasteiger partial charge on any atom is 0.253 e. The number of methoxy groups -OCH3 is 1. The van der Waals surface area contributed by atoms with Crippen LogP contribution in [-0.4, -0.2) is 28.9 Å². The maximum atomic E-state index is 13.1. The summed E-state index contributed by atoms with van der Waals surface area (Å²) in [7, 11) is 1.62. The summed E-state index contributed by atoms with van der Waals surface area (Å²) < 4.78 is 16.5. The van der Waals surface area contributed by atoms with Crippen LogP contribution in [0.2, 0.25) is 0 Å². The van der Waals surface area contributed by atoms with Gasteiger partial charge in [0.2, 0.25) is 6.79 Å². The quantitative estimate of drug-likeness (QED) is 0.348. The van der Waals surface area contributed by atoms with Crippen molar-refractivity contribution < 1.29 is 14.2 Å². The first-order chi connectivity index (χ1) is 17.4. The highest BCUT2D eigenvalue weighted by molar-refractivity contribution is 7.80. The highest BCUT2D eigenvalue weighted by Crippen LogP contribution is 2.33. The molecule has 0 radical (unpaired) electrons. The molecule has 184 valence electrons. The predicted octanol–water partition coefficient (Wildman–Crippen LogP) is 5.28. The number of para-hydroxylation sites is 2. The van der Waals surface area contributed by atoms with Gasteiger partial charge >= 0.3 is 0 Å². The molecule has 1 aromatic heterocycles. The van der Waals surface area contributed by atoms with Gasteiger partial charge in [-0.2, -0.15) is 0 Å². The fraction of sp³-hybridized carbons (Fsp3) is 0.214. The van der Waals surface area contributed by atoms with Crippen molar-refractivity contribution in [3.8, 4) is 17.2 Å². The molecular formula is C28H27N3O4S. The Labute approximate surface area is 214 Å². The van der Waals surface area contributed by atoms with Gasteiger partial charge in [0.05, 0.1) is 19.3 Å². The standard InChI is InChI=1S/C28H27N3O4S/c1-17-10-18(2)21-13-20(27(32)29-23(21)11-17)15-31(14-19-8-9-25-26(12-19)35-16-34-25)28(36)30-22-6-4-5-7-24(22)33-3/h4-13H,14-16H2,1-3H3,(H,29,32)(H,30,36). The number of rotatable bonds is 6. The Kier molecular flexibility index (Phi) is 6.52. The lowest BCUT2D eigenvalue weighted by Gasteiger charge is -2.26. The Hall–Kier alpha value is -4.04. The molecule has 2 N–H and O–H groups in total. The summed E-state index contributed by atoms with van der Waals surface area (Å²) in [5, 5.41) is 4.78. The SMILES string of the molecule is COc1ccccc1NC(=S)N(Cc1ccc2c(c1)OCO2)Cc1cc2c(C)cc(C)cc2[nH]c1=O. The molecule has 0 saturated carbocycles. The number of anilines is 1. The predicted molar refractivity (Wildman–Crippen MR) is 145 cm³/mol. The van der Waals surface area contributed by atoms with E-state index in [0.717, 1.165) is 39.0 Å². The van der Waals surface area contributed by atoms with E-state index >= 15 is 0 Å². The Balaban J connectivity index is 1.49. The second-order valence-corrected chi connectivity index (χ2v) is 9.23. The van der Waals surface area contributed by atoms with E-state index in [1.54, 1.807) is 7.11 Å². The van der Waals surface area contributed by atoms with Gasteiger partial charge in [-0.1, -0.05) is 24.3 Å². The summed E-state index contributed by atoms with van der Waals surface area (Å²) in [5.74, 6) is 2.10. The zero-order valence-corrected chi connectivity index (χ0v) is 21.2. The van der Waals surface area contributed by atoms with Gasteiger partial charge in [-0.25, -0.2) is 0 Å². The van der Waals surface area contributed by atoms with Crippen LogP contribution in [0.15, 0.2) is 65.5 Å². The van der Waals surface area contributed by atoms with Crippen LogP contribution in [0.5, 0.6) is 17.2 Å². The third kappa shape index (κ3) is 4.85. The number of thiocarbonyl (C=S) groups is 1. The van der Waals surface area contributed by atoms with Crippen LogP contribution in [0.4, 0.5) is 5.69 Å². The summed E-state index contributed by atoms with van der Waals surface area (Å²) in [5.41, 5.74) is 5.27. The summed E-state index contributed by atoms with van der Waals surface area (Å²) >= 11 is 5.84. The van der Waals surface area contributed by atoms with Crippen molar-refractivity contribution in [3.63, 3.8) is 0 Å². The minimum Gasteiger partial charge on any atom is -0.495 e. The molecule has 8 heteroatoms. The number of nitrogens with one attached hydrogen (secondary N) is 2. The third-order valence-corrected chi connectivity index (χ3v) is 6.56. The number of benzene rings is 3. The number of hydrogen-bond acceptors (Lipinski definition) is 5. The van der Waals surface area contributed by atoms with Crippen LogP contribution < -0.4 is 25.1 Å². The molecule has 0 saturated heterocycles. The molecule has 0 spiro atoms. The Morgan fingerprint density at radius 2 is 1.86 bits per heavy atom. The van der Waals surface area contributed by atoms with E-state index in [-0.39, 0.29) is 12.4 Å². The van der Waals surface area contributed by atoms with Crippen LogP contribution in [0.25, 0.3) is 10.9 Å². The molecule has 7 nitrogen and oxygen atoms in total. The van der Waals surface area contributed by atoms with Crippen molar-refractivity contribution in [2.24, 2.45) is 0 Å². The van der Waals surface area contributed by atoms with Crippen LogP contribution in [0.3, 0.4) is 0 Å². The first-order valence-electron chi connectivity index (χ1n) is 11.6. The maximum absolute atomic E-state index is 13.1. The van der Waals surface area contributed by atoms with Gasteiger partial charge < -0.3 is 29.4 Å². The average molecular weight is 502 g/mol. The van der Waals surface area contributed by atoms with Crippen molar-refractivity contribution in [3.05, 3.63) is 93.3 Å². The molecule has 0 bridgehead atoms. The van der Waals surface area contributed by atoms with Gasteiger partial charge in [0.15, 0.2) is 16.6 Å². The van der Waals surface area contributed by atoms with E-state index in [4.69, 9.17) is 26.4 Å². The molecule has 1 aliphatic heterocycles. The lowest BCUT2D eigenvalue weighted by Crippen LogP contribution is -2.35. The highest BCUT2D eigenvalue weighted by atomic mass is 32.1. The second-order valence-electron chi connectivity index (χ2n) is 8.84. The number of pyridine rings is 1. The molecule has 2 heterocycles. The topological polar surface area (TPSA) is 75.8 Å². The zero-order chi connectivity index (χ0) is 25.2. The minimum atomic E-state index is -0.136. The molecule has 0 atom stereocenters. The highest BCUT2D eigenvalue weighted by Gasteiger charge is 2.19. The van der Waals surface area contributed by atoms with Crippen molar-refractivity contribution in [1.82, 2.24) is 9.88 Å². The third-order valence-electron chi connectivity index (χ3n) is 6.20. The van der Waals surface area contributed by atoms with E-state index in [1.165, 1.54) is 0 Å². The fourth-order valence-corrected chi connectivity index (χ4v) is 4.68. The van der Waals surface area contributed by atoms with Crippen molar-refractivity contribution in [2.75, 3.05) is 19.2 Å². The Bertz CT molecular complexity index is 1510. The zero-order valence-electron chi connectivity index (χ0n) is 20.4. The van der Waals surface area contributed by atoms with Crippen LogP contribution in [-0.2, 0) is 13.1 Å². The van der Waals surface area contributed by atoms with E-state index in [0.29, 0.717) is 35.3 Å². The molecule has 36 heavy (non-hydrogen) atoms. The molecule has 4 aromatic rings. The molecule has 3 aromatic carbocycles. The number of aromatic nitrogens is 1. The molecule has 0 fully saturated rings. The molecule has 5 rings (SSSR count). The van der Waals surface area contributed by atoms with Crippen LogP contribution in [0.1, 0.15) is 22.3 Å². The average Bonchev–Trinajstić information content (AvgIpc) is 3.32. The summed E-state index contributed by atoms with van der Waals surface area (Å²) in [6.07, 6.45) is 0. The number of aryl methyl sites for hydroxylation is 2. The van der Waals surface area contributed by atoms with Gasteiger partial charge in [0.25, 0.3) is 5.56 Å². The monoisotopic (exact) mass is 501 g/mol. The first-order valence-corrected chi connectivity index (χ1v) is 12.0. The van der Waals surface area contributed by atoms with Gasteiger partial charge in [-0.15, -0.1) is 0 Å². The van der Waals surface area contributed by atoms with E-state index < -0.39 is 0 Å². The lowest BCUT2D eigenvalue weighted by molar-refractivity contribution is 0.174. The van der Waals surface area contributed by atoms with Gasteiger partial charge in [0.1, 0.15) is 5.75 Å². The molecular weight excluding hydrogens is 474 g/mol. The smallest absolute Gasteiger partial charge is 0.253 e. The second kappa shape index (κ2) is 9.91. The number of nitrogens with zero attached hydrogens (tertiary/aromatic N) is 1. The van der Waals surface area contributed by atoms with Crippen molar-refractivity contribution in [2.45, 2.75) is 26.9 Å². The van der Waals surface area contributed by atoms with E-state index in [9.17, 15) is 4.79 Å². The van der Waals surface area contributed by atoms with Gasteiger partial charge in [0, 0.05) is 23.0 Å². The first kappa shape index (κ1) is 23.7. The van der Waals surface area contributed by atoms with Crippen molar-refractivity contribution in [1.29, 1.82) is 0 Å².